The van der Waals surface area contributed by atoms with E-state index in [1.165, 1.54) is 0 Å². The predicted molar refractivity (Wildman–Crippen MR) is 72.5 cm³/mol. The van der Waals surface area contributed by atoms with Gasteiger partial charge >= 0.3 is 112 Å². The Hall–Kier alpha value is -0.571. The molecule has 0 saturated heterocycles. The predicted octanol–water partition coefficient (Wildman–Crippen LogP) is 2.63. The fourth-order valence-electron chi connectivity index (χ4n) is 1.30. The molecule has 0 bridgehead atoms. The Bertz CT molecular complexity index is 462. The van der Waals surface area contributed by atoms with Crippen LogP contribution in [0.2, 0.25) is 0 Å². The second-order valence-electron chi connectivity index (χ2n) is 3.31. The molecule has 0 saturated carbocycles. The van der Waals surface area contributed by atoms with Crippen LogP contribution in [0.15, 0.2) is 41.1 Å². The molecule has 100 valence electrons. The molecule has 0 aliphatic heterocycles. The zero-order chi connectivity index (χ0) is 13.6. The van der Waals surface area contributed by atoms with Crippen LogP contribution in [0, 0.1) is 0 Å². The minimum atomic E-state index is -3.48. The summed E-state index contributed by atoms with van der Waals surface area (Å²) in [6, 6.07) is 8.85. The van der Waals surface area contributed by atoms with Crippen molar-refractivity contribution in [3.63, 3.8) is 0 Å². The zero-order valence-corrected chi connectivity index (χ0v) is 13.1. The number of benzene rings is 1. The van der Waals surface area contributed by atoms with Crippen molar-refractivity contribution in [1.82, 2.24) is 0 Å². The molecule has 0 fully saturated rings. The van der Waals surface area contributed by atoms with Crippen molar-refractivity contribution in [2.75, 3.05) is 13.2 Å². The van der Waals surface area contributed by atoms with Crippen molar-refractivity contribution in [2.45, 2.75) is 13.8 Å². The average Bonchev–Trinajstić information content (AvgIpc) is 2.38. The second kappa shape index (κ2) is 7.13. The topological polar surface area (TPSA) is 52.6 Å². The molecule has 1 atom stereocenters. The Kier molecular flexibility index (Phi) is 6.13. The summed E-state index contributed by atoms with van der Waals surface area (Å²) in [6.45, 7) is 7.54. The SMILES string of the molecule is C=C([Se](=O)c1ccccc1)P(=O)(OCC)OCC. The molecule has 1 aromatic carbocycles. The Balaban J connectivity index is 2.98. The van der Waals surface area contributed by atoms with E-state index in [4.69, 9.17) is 9.05 Å². The van der Waals surface area contributed by atoms with E-state index < -0.39 is 21.4 Å². The van der Waals surface area contributed by atoms with E-state index in [2.05, 4.69) is 6.58 Å². The van der Waals surface area contributed by atoms with Gasteiger partial charge in [-0.1, -0.05) is 0 Å². The molecule has 0 aliphatic rings. The number of hydrogen-bond acceptors (Lipinski definition) is 4. The van der Waals surface area contributed by atoms with Gasteiger partial charge in [0.1, 0.15) is 0 Å². The maximum atomic E-state index is 12.4. The van der Waals surface area contributed by atoms with E-state index >= 15 is 0 Å². The molecule has 18 heavy (non-hydrogen) atoms. The van der Waals surface area contributed by atoms with Crippen LogP contribution in [0.25, 0.3) is 0 Å². The maximum absolute atomic E-state index is 12.4. The van der Waals surface area contributed by atoms with Crippen LogP contribution in [-0.4, -0.2) is 27.0 Å². The van der Waals surface area contributed by atoms with Gasteiger partial charge in [0.25, 0.3) is 0 Å². The van der Waals surface area contributed by atoms with Gasteiger partial charge in [-0.25, -0.2) is 0 Å². The van der Waals surface area contributed by atoms with Crippen molar-refractivity contribution in [1.29, 1.82) is 0 Å². The Morgan fingerprint density at radius 1 is 1.22 bits per heavy atom. The van der Waals surface area contributed by atoms with E-state index in [0.717, 1.165) is 0 Å². The molecule has 1 unspecified atom stereocenters. The first-order chi connectivity index (χ1) is 8.55. The third kappa shape index (κ3) is 3.71. The van der Waals surface area contributed by atoms with Crippen molar-refractivity contribution in [3.05, 3.63) is 41.1 Å². The molecule has 0 spiro atoms. The third-order valence-electron chi connectivity index (χ3n) is 2.07. The van der Waals surface area contributed by atoms with Gasteiger partial charge in [-0.3, -0.25) is 0 Å². The number of rotatable bonds is 7. The van der Waals surface area contributed by atoms with E-state index in [9.17, 15) is 8.40 Å². The fraction of sp³-hybridized carbons (Fsp3) is 0.333. The molecule has 0 heterocycles. The van der Waals surface area contributed by atoms with Gasteiger partial charge in [0, 0.05) is 0 Å². The fourth-order valence-corrected chi connectivity index (χ4v) is 6.46. The average molecular weight is 335 g/mol. The first-order valence-electron chi connectivity index (χ1n) is 5.60. The standard InChI is InChI=1S/C12H17O4PSe/c1-4-15-17(13,16-5-2)11(3)18(14)12-9-7-6-8-10-12/h6-10H,3-5H2,1-2H3. The molecule has 0 aliphatic carbocycles. The Morgan fingerprint density at radius 2 is 1.72 bits per heavy atom. The van der Waals surface area contributed by atoms with Gasteiger partial charge in [0.2, 0.25) is 0 Å². The Labute approximate surface area is 112 Å². The summed E-state index contributed by atoms with van der Waals surface area (Å²) in [6.07, 6.45) is 0. The summed E-state index contributed by atoms with van der Waals surface area (Å²) >= 11 is -2.65. The Morgan fingerprint density at radius 3 is 2.17 bits per heavy atom. The minimum absolute atomic E-state index is 0.0809. The van der Waals surface area contributed by atoms with Gasteiger partial charge in [0.05, 0.1) is 0 Å². The van der Waals surface area contributed by atoms with Crippen molar-refractivity contribution in [2.24, 2.45) is 0 Å². The van der Waals surface area contributed by atoms with E-state index in [0.29, 0.717) is 4.46 Å². The molecule has 0 aromatic heterocycles. The van der Waals surface area contributed by atoms with Gasteiger partial charge in [0.15, 0.2) is 0 Å². The molecule has 0 N–H and O–H groups in total. The summed E-state index contributed by atoms with van der Waals surface area (Å²) in [5.74, 6) is 0. The van der Waals surface area contributed by atoms with Gasteiger partial charge < -0.3 is 0 Å². The van der Waals surface area contributed by atoms with Crippen molar-refractivity contribution in [3.8, 4) is 0 Å². The summed E-state index contributed by atoms with van der Waals surface area (Å²) in [4.78, 5) is 0. The molecule has 6 heteroatoms. The van der Waals surface area contributed by atoms with E-state index in [-0.39, 0.29) is 17.4 Å². The zero-order valence-electron chi connectivity index (χ0n) is 10.5. The van der Waals surface area contributed by atoms with Crippen LogP contribution in [0.3, 0.4) is 0 Å². The summed E-state index contributed by atoms with van der Waals surface area (Å²) < 4.78 is 35.7. The normalized spacial score (nSPS) is 13.2. The molecular formula is C12H17O4PSe. The molecule has 0 amide bonds. The molecular weight excluding hydrogens is 318 g/mol. The molecule has 0 radical (unpaired) electrons. The molecule has 4 nitrogen and oxygen atoms in total. The molecule has 1 aromatic rings. The van der Waals surface area contributed by atoms with Crippen LogP contribution >= 0.6 is 7.60 Å². The van der Waals surface area contributed by atoms with E-state index in [1.807, 2.05) is 6.07 Å². The van der Waals surface area contributed by atoms with E-state index in [1.54, 1.807) is 38.1 Å². The van der Waals surface area contributed by atoms with Crippen molar-refractivity contribution < 1.29 is 17.4 Å². The number of hydrogen-bond donors (Lipinski definition) is 0. The van der Waals surface area contributed by atoms with Gasteiger partial charge in [-0.15, -0.1) is 0 Å². The van der Waals surface area contributed by atoms with Crippen molar-refractivity contribution >= 4 is 25.9 Å². The second-order valence-corrected chi connectivity index (χ2v) is 9.19. The summed E-state index contributed by atoms with van der Waals surface area (Å²) in [5, 5.41) is 0. The van der Waals surface area contributed by atoms with Gasteiger partial charge in [-0.05, 0) is 0 Å². The quantitative estimate of drug-likeness (QED) is 0.568. The summed E-state index contributed by atoms with van der Waals surface area (Å²) in [7, 11) is -3.48. The third-order valence-corrected chi connectivity index (χ3v) is 8.52. The van der Waals surface area contributed by atoms with Crippen LogP contribution in [0.4, 0.5) is 0 Å². The first kappa shape index (κ1) is 15.5. The van der Waals surface area contributed by atoms with Crippen LogP contribution < -0.4 is 4.46 Å². The van der Waals surface area contributed by atoms with Crippen LogP contribution in [-0.2, 0) is 17.4 Å². The first-order valence-corrected chi connectivity index (χ1v) is 9.56. The summed E-state index contributed by atoms with van der Waals surface area (Å²) in [5.41, 5.74) is 0. The molecule has 1 rings (SSSR count). The van der Waals surface area contributed by atoms with Crippen LogP contribution in [0.5, 0.6) is 0 Å². The van der Waals surface area contributed by atoms with Crippen LogP contribution in [0.1, 0.15) is 13.8 Å². The van der Waals surface area contributed by atoms with Gasteiger partial charge in [-0.2, -0.15) is 0 Å². The monoisotopic (exact) mass is 336 g/mol.